The summed E-state index contributed by atoms with van der Waals surface area (Å²) in [5, 5.41) is 8.17. The van der Waals surface area contributed by atoms with Crippen LogP contribution in [0.4, 0.5) is 8.78 Å². The highest BCUT2D eigenvalue weighted by molar-refractivity contribution is 5.15. The van der Waals surface area contributed by atoms with E-state index in [-0.39, 0.29) is 12.0 Å². The molecule has 11 heavy (non-hydrogen) atoms. The van der Waals surface area contributed by atoms with Crippen LogP contribution in [0.2, 0.25) is 0 Å². The Balaban J connectivity index is 3.05. The largest absolute Gasteiger partial charge is 0.225 e. The van der Waals surface area contributed by atoms with Crippen molar-refractivity contribution in [3.63, 3.8) is 0 Å². The van der Waals surface area contributed by atoms with Crippen LogP contribution in [0.1, 0.15) is 5.56 Å². The molecule has 0 N–H and O–H groups in total. The zero-order valence-corrected chi connectivity index (χ0v) is 5.51. The van der Waals surface area contributed by atoms with E-state index in [0.29, 0.717) is 0 Å². The number of hydrogen-bond donors (Lipinski definition) is 0. The van der Waals surface area contributed by atoms with Gasteiger partial charge in [-0.3, -0.25) is 0 Å². The second-order valence-electron chi connectivity index (χ2n) is 1.94. The first-order valence-electron chi connectivity index (χ1n) is 2.91. The first kappa shape index (κ1) is 7.61. The van der Waals surface area contributed by atoms with E-state index in [2.05, 4.69) is 4.98 Å². The Morgan fingerprint density at radius 1 is 1.55 bits per heavy atom. The highest BCUT2D eigenvalue weighted by Crippen LogP contribution is 2.06. The summed E-state index contributed by atoms with van der Waals surface area (Å²) >= 11 is 0. The number of nitriles is 1. The fourth-order valence-corrected chi connectivity index (χ4v) is 0.674. The van der Waals surface area contributed by atoms with Crippen LogP contribution in [0.25, 0.3) is 0 Å². The Labute approximate surface area is 62.1 Å². The quantitative estimate of drug-likeness (QED) is 0.573. The minimum absolute atomic E-state index is 0.00694. The van der Waals surface area contributed by atoms with E-state index in [1.165, 1.54) is 0 Å². The Morgan fingerprint density at radius 2 is 2.27 bits per heavy atom. The summed E-state index contributed by atoms with van der Waals surface area (Å²) < 4.78 is 24.9. The molecule has 0 radical (unpaired) electrons. The summed E-state index contributed by atoms with van der Waals surface area (Å²) in [6, 6.07) is 2.67. The third-order valence-electron chi connectivity index (χ3n) is 1.15. The molecule has 0 aromatic carbocycles. The van der Waals surface area contributed by atoms with Crippen molar-refractivity contribution in [2.24, 2.45) is 0 Å². The van der Waals surface area contributed by atoms with Crippen LogP contribution >= 0.6 is 0 Å². The lowest BCUT2D eigenvalue weighted by Crippen LogP contribution is -1.93. The van der Waals surface area contributed by atoms with Crippen molar-refractivity contribution in [1.29, 1.82) is 5.26 Å². The number of pyridine rings is 1. The summed E-state index contributed by atoms with van der Waals surface area (Å²) in [6.07, 6.45) is 0.618. The van der Waals surface area contributed by atoms with E-state index >= 15 is 0 Å². The van der Waals surface area contributed by atoms with Crippen LogP contribution in [0.15, 0.2) is 12.3 Å². The van der Waals surface area contributed by atoms with E-state index in [9.17, 15) is 8.78 Å². The molecule has 0 atom stereocenters. The van der Waals surface area contributed by atoms with Gasteiger partial charge in [0, 0.05) is 5.56 Å². The van der Waals surface area contributed by atoms with Gasteiger partial charge in [-0.2, -0.15) is 9.65 Å². The van der Waals surface area contributed by atoms with Crippen molar-refractivity contribution < 1.29 is 8.78 Å². The monoisotopic (exact) mass is 154 g/mol. The Hall–Kier alpha value is -1.50. The summed E-state index contributed by atoms with van der Waals surface area (Å²) in [4.78, 5) is 3.10. The Bertz CT molecular complexity index is 304. The second kappa shape index (κ2) is 3.06. The molecule has 0 aliphatic carbocycles. The van der Waals surface area contributed by atoms with Gasteiger partial charge in [-0.1, -0.05) is 0 Å². The minimum atomic E-state index is -0.784. The standard InChI is InChI=1S/C7H4F2N2/c8-6-3-5(1-2-10)7(9)11-4-6/h3-4H,1H2. The van der Waals surface area contributed by atoms with Gasteiger partial charge in [0.15, 0.2) is 0 Å². The molecule has 1 rings (SSSR count). The van der Waals surface area contributed by atoms with Crippen molar-refractivity contribution in [2.75, 3.05) is 0 Å². The predicted molar refractivity (Wildman–Crippen MR) is 33.5 cm³/mol. The molecule has 0 spiro atoms. The highest BCUT2D eigenvalue weighted by atomic mass is 19.1. The molecule has 2 nitrogen and oxygen atoms in total. The molecule has 0 saturated carbocycles. The maximum absolute atomic E-state index is 12.5. The molecular formula is C7H4F2N2. The van der Waals surface area contributed by atoms with Gasteiger partial charge in [-0.25, -0.2) is 9.37 Å². The first-order valence-corrected chi connectivity index (χ1v) is 2.91. The molecule has 0 saturated heterocycles. The van der Waals surface area contributed by atoms with Crippen LogP contribution < -0.4 is 0 Å². The van der Waals surface area contributed by atoms with E-state index in [4.69, 9.17) is 5.26 Å². The molecule has 56 valence electrons. The second-order valence-corrected chi connectivity index (χ2v) is 1.94. The predicted octanol–water partition coefficient (Wildman–Crippen LogP) is 1.43. The molecule has 4 heteroatoms. The van der Waals surface area contributed by atoms with Crippen molar-refractivity contribution >= 4 is 0 Å². The molecule has 1 aromatic rings. The van der Waals surface area contributed by atoms with Crippen LogP contribution in [-0.2, 0) is 6.42 Å². The third-order valence-corrected chi connectivity index (χ3v) is 1.15. The van der Waals surface area contributed by atoms with Gasteiger partial charge < -0.3 is 0 Å². The number of aromatic nitrogens is 1. The highest BCUT2D eigenvalue weighted by Gasteiger charge is 2.03. The summed E-state index contributed by atoms with van der Waals surface area (Å²) in [5.74, 6) is -1.41. The van der Waals surface area contributed by atoms with Gasteiger partial charge in [0.1, 0.15) is 5.82 Å². The van der Waals surface area contributed by atoms with Gasteiger partial charge >= 0.3 is 0 Å². The first-order chi connectivity index (χ1) is 5.24. The van der Waals surface area contributed by atoms with Gasteiger partial charge in [0.2, 0.25) is 5.95 Å². The zero-order chi connectivity index (χ0) is 8.27. The van der Waals surface area contributed by atoms with Gasteiger partial charge in [0.05, 0.1) is 18.7 Å². The molecule has 1 aromatic heterocycles. The van der Waals surface area contributed by atoms with Crippen LogP contribution in [0, 0.1) is 23.1 Å². The maximum Gasteiger partial charge on any atom is 0.217 e. The van der Waals surface area contributed by atoms with Crippen molar-refractivity contribution in [3.05, 3.63) is 29.6 Å². The molecule has 0 bridgehead atoms. The van der Waals surface area contributed by atoms with Gasteiger partial charge in [0.25, 0.3) is 0 Å². The van der Waals surface area contributed by atoms with Crippen LogP contribution in [0.3, 0.4) is 0 Å². The molecule has 0 aliphatic heterocycles. The van der Waals surface area contributed by atoms with E-state index in [1.54, 1.807) is 6.07 Å². The zero-order valence-electron chi connectivity index (χ0n) is 5.51. The lowest BCUT2D eigenvalue weighted by Gasteiger charge is -1.94. The summed E-state index contributed by atoms with van der Waals surface area (Å²) in [7, 11) is 0. The van der Waals surface area contributed by atoms with Gasteiger partial charge in [-0.05, 0) is 6.07 Å². The van der Waals surface area contributed by atoms with Crippen molar-refractivity contribution in [3.8, 4) is 6.07 Å². The van der Waals surface area contributed by atoms with Gasteiger partial charge in [-0.15, -0.1) is 0 Å². The molecule has 0 fully saturated rings. The van der Waals surface area contributed by atoms with Crippen molar-refractivity contribution in [2.45, 2.75) is 6.42 Å². The maximum atomic E-state index is 12.5. The SMILES string of the molecule is N#CCc1cc(F)cnc1F. The van der Waals surface area contributed by atoms with Crippen LogP contribution in [0.5, 0.6) is 0 Å². The molecular weight excluding hydrogens is 150 g/mol. The fraction of sp³-hybridized carbons (Fsp3) is 0.143. The number of nitrogens with zero attached hydrogens (tertiary/aromatic N) is 2. The van der Waals surface area contributed by atoms with E-state index in [1.807, 2.05) is 0 Å². The molecule has 1 heterocycles. The lowest BCUT2D eigenvalue weighted by molar-refractivity contribution is 0.548. The van der Waals surface area contributed by atoms with E-state index < -0.39 is 11.8 Å². The average Bonchev–Trinajstić information content (AvgIpc) is 1.98. The third kappa shape index (κ3) is 1.71. The molecule has 0 amide bonds. The number of rotatable bonds is 1. The Kier molecular flexibility index (Phi) is 2.12. The summed E-state index contributed by atoms with van der Waals surface area (Å²) in [6.45, 7) is 0. The summed E-state index contributed by atoms with van der Waals surface area (Å²) in [5.41, 5.74) is -0.00694. The number of hydrogen-bond acceptors (Lipinski definition) is 2. The lowest BCUT2D eigenvalue weighted by atomic mass is 10.2. The topological polar surface area (TPSA) is 36.7 Å². The van der Waals surface area contributed by atoms with E-state index in [0.717, 1.165) is 12.3 Å². The van der Waals surface area contributed by atoms with Crippen molar-refractivity contribution in [1.82, 2.24) is 4.98 Å². The average molecular weight is 154 g/mol. The molecule has 0 aliphatic rings. The Morgan fingerprint density at radius 3 is 2.91 bits per heavy atom. The smallest absolute Gasteiger partial charge is 0.217 e. The fourth-order valence-electron chi connectivity index (χ4n) is 0.674. The minimum Gasteiger partial charge on any atom is -0.225 e. The van der Waals surface area contributed by atoms with Crippen LogP contribution in [-0.4, -0.2) is 4.98 Å². The number of halogens is 2. The normalized spacial score (nSPS) is 9.18. The molecule has 0 unspecified atom stereocenters.